The van der Waals surface area contributed by atoms with Crippen molar-refractivity contribution in [2.75, 3.05) is 13.2 Å². The summed E-state index contributed by atoms with van der Waals surface area (Å²) in [7, 11) is 0. The van der Waals surface area contributed by atoms with Crippen LogP contribution in [0.1, 0.15) is 82.1 Å². The second-order valence-electron chi connectivity index (χ2n) is 11.6. The van der Waals surface area contributed by atoms with Crippen LogP contribution in [0.25, 0.3) is 11.3 Å². The van der Waals surface area contributed by atoms with Gasteiger partial charge in [0.05, 0.1) is 29.7 Å². The summed E-state index contributed by atoms with van der Waals surface area (Å²) in [5.74, 6) is -0.456. The minimum Gasteiger partial charge on any atom is -0.394 e. The van der Waals surface area contributed by atoms with Gasteiger partial charge in [0.2, 0.25) is 11.8 Å². The van der Waals surface area contributed by atoms with Crippen molar-refractivity contribution in [2.24, 2.45) is 5.92 Å². The van der Waals surface area contributed by atoms with Gasteiger partial charge >= 0.3 is 0 Å². The zero-order valence-corrected chi connectivity index (χ0v) is 23.6. The normalized spacial score (nSPS) is 17.3. The maximum absolute atomic E-state index is 13.8. The van der Waals surface area contributed by atoms with Crippen LogP contribution in [0.3, 0.4) is 0 Å². The van der Waals surface area contributed by atoms with E-state index < -0.39 is 18.0 Å². The highest BCUT2D eigenvalue weighted by atomic mass is 16.5. The van der Waals surface area contributed by atoms with Gasteiger partial charge < -0.3 is 19.8 Å². The highest BCUT2D eigenvalue weighted by Gasteiger charge is 2.41. The van der Waals surface area contributed by atoms with E-state index in [1.807, 2.05) is 71.9 Å². The zero-order chi connectivity index (χ0) is 28.3. The molecule has 9 heteroatoms. The second kappa shape index (κ2) is 11.7. The largest absolute Gasteiger partial charge is 0.394 e. The van der Waals surface area contributed by atoms with Crippen LogP contribution in [0.15, 0.2) is 47.2 Å². The van der Waals surface area contributed by atoms with E-state index in [1.165, 1.54) is 0 Å². The first kappa shape index (κ1) is 28.4. The van der Waals surface area contributed by atoms with Crippen LogP contribution in [0.5, 0.6) is 0 Å². The van der Waals surface area contributed by atoms with Crippen molar-refractivity contribution in [3.63, 3.8) is 0 Å². The van der Waals surface area contributed by atoms with E-state index in [0.717, 1.165) is 34.6 Å². The van der Waals surface area contributed by atoms with Crippen molar-refractivity contribution in [3.05, 3.63) is 65.4 Å². The Hall–Kier alpha value is -3.59. The van der Waals surface area contributed by atoms with Crippen molar-refractivity contribution >= 4 is 11.8 Å². The van der Waals surface area contributed by atoms with Gasteiger partial charge in [-0.3, -0.25) is 19.6 Å². The molecule has 0 saturated carbocycles. The molecule has 9 nitrogen and oxygen atoms in total. The molecule has 3 atom stereocenters. The van der Waals surface area contributed by atoms with Gasteiger partial charge in [-0.2, -0.15) is 0 Å². The Morgan fingerprint density at radius 2 is 1.85 bits per heavy atom. The van der Waals surface area contributed by atoms with Gasteiger partial charge in [-0.1, -0.05) is 64.0 Å². The average Bonchev–Trinajstić information content (AvgIpc) is 3.58. The molecule has 0 radical (unpaired) electrons. The van der Waals surface area contributed by atoms with Gasteiger partial charge in [0.15, 0.2) is 0 Å². The number of amides is 2. The summed E-state index contributed by atoms with van der Waals surface area (Å²) in [5, 5.41) is 17.3. The minimum atomic E-state index is -0.612. The lowest BCUT2D eigenvalue weighted by Gasteiger charge is -2.30. The van der Waals surface area contributed by atoms with Crippen LogP contribution in [-0.2, 0) is 15.0 Å². The number of aryl methyl sites for hydroxylation is 1. The number of hydrogen-bond donors (Lipinski definition) is 2. The first-order valence-corrected chi connectivity index (χ1v) is 13.6. The average molecular weight is 534 g/mol. The molecular weight excluding hydrogens is 494 g/mol. The fourth-order valence-corrected chi connectivity index (χ4v) is 5.07. The number of likely N-dealkylation sites (tertiary alicyclic amines) is 1. The molecule has 2 amide bonds. The van der Waals surface area contributed by atoms with Crippen molar-refractivity contribution in [2.45, 2.75) is 77.8 Å². The fourth-order valence-electron chi connectivity index (χ4n) is 5.07. The summed E-state index contributed by atoms with van der Waals surface area (Å²) in [4.78, 5) is 37.6. The summed E-state index contributed by atoms with van der Waals surface area (Å²) in [6, 6.07) is 8.20. The molecule has 208 valence electrons. The molecule has 2 aromatic heterocycles. The van der Waals surface area contributed by atoms with E-state index in [9.17, 15) is 14.7 Å². The Balaban J connectivity index is 1.49. The van der Waals surface area contributed by atoms with Crippen LogP contribution in [-0.4, -0.2) is 56.1 Å². The maximum Gasteiger partial charge on any atom is 0.243 e. The van der Waals surface area contributed by atoms with E-state index in [4.69, 9.17) is 4.52 Å². The molecule has 1 aliphatic rings. The number of nitrogens with one attached hydrogen (secondary N) is 1. The number of aliphatic hydroxyl groups is 1. The SMILES string of the molecule is Cc1nccnc1-c1ccc([C@H](CO)NC(=O)[C@@H]2CCCN2C(=O)[C@@H](c2cc(C(C)(C)C)no2)C(C)C)cc1. The zero-order valence-electron chi connectivity index (χ0n) is 23.6. The monoisotopic (exact) mass is 533 g/mol. The summed E-state index contributed by atoms with van der Waals surface area (Å²) in [5.41, 5.74) is 3.87. The van der Waals surface area contributed by atoms with Gasteiger partial charge in [-0.25, -0.2) is 0 Å². The van der Waals surface area contributed by atoms with E-state index >= 15 is 0 Å². The van der Waals surface area contributed by atoms with Crippen molar-refractivity contribution in [1.29, 1.82) is 0 Å². The lowest BCUT2D eigenvalue weighted by Crippen LogP contribution is -2.49. The van der Waals surface area contributed by atoms with Gasteiger partial charge in [-0.15, -0.1) is 0 Å². The summed E-state index contributed by atoms with van der Waals surface area (Å²) < 4.78 is 5.64. The third-order valence-corrected chi connectivity index (χ3v) is 7.34. The van der Waals surface area contributed by atoms with Crippen LogP contribution in [0, 0.1) is 12.8 Å². The quantitative estimate of drug-likeness (QED) is 0.442. The first-order chi connectivity index (χ1) is 18.5. The van der Waals surface area contributed by atoms with Gasteiger partial charge in [-0.05, 0) is 31.2 Å². The first-order valence-electron chi connectivity index (χ1n) is 13.6. The lowest BCUT2D eigenvalue weighted by molar-refractivity contribution is -0.141. The second-order valence-corrected chi connectivity index (χ2v) is 11.6. The third-order valence-electron chi connectivity index (χ3n) is 7.34. The standard InChI is InChI=1S/C30H39N5O4/c1-18(2)26(24-16-25(34-39-24)30(4,5)6)29(38)35-15-7-8-23(35)28(37)33-22(17-36)20-9-11-21(12-10-20)27-19(3)31-13-14-32-27/h9-14,16,18,22-23,26,36H,7-8,15,17H2,1-6H3,(H,33,37)/t22-,23-,26+/m0/s1. The predicted molar refractivity (Wildman–Crippen MR) is 148 cm³/mol. The number of carbonyl (C=O) groups is 2. The van der Waals surface area contributed by atoms with Gasteiger partial charge in [0, 0.05) is 36.0 Å². The highest BCUT2D eigenvalue weighted by Crippen LogP contribution is 2.33. The Kier molecular flexibility index (Phi) is 8.49. The summed E-state index contributed by atoms with van der Waals surface area (Å²) in [6.07, 6.45) is 4.60. The number of carbonyl (C=O) groups excluding carboxylic acids is 2. The number of nitrogens with zero attached hydrogens (tertiary/aromatic N) is 4. The van der Waals surface area contributed by atoms with E-state index in [1.54, 1.807) is 17.3 Å². The van der Waals surface area contributed by atoms with Crippen LogP contribution in [0.4, 0.5) is 0 Å². The van der Waals surface area contributed by atoms with Crippen LogP contribution >= 0.6 is 0 Å². The van der Waals surface area contributed by atoms with Crippen molar-refractivity contribution in [3.8, 4) is 11.3 Å². The Bertz CT molecular complexity index is 1300. The smallest absolute Gasteiger partial charge is 0.243 e. The van der Waals surface area contributed by atoms with E-state index in [2.05, 4.69) is 20.4 Å². The van der Waals surface area contributed by atoms with E-state index in [0.29, 0.717) is 18.7 Å². The lowest BCUT2D eigenvalue weighted by atomic mass is 9.88. The molecule has 1 aromatic carbocycles. The number of hydrogen-bond acceptors (Lipinski definition) is 7. The van der Waals surface area contributed by atoms with Gasteiger partial charge in [0.1, 0.15) is 17.7 Å². The highest BCUT2D eigenvalue weighted by molar-refractivity contribution is 5.91. The minimum absolute atomic E-state index is 0.0378. The van der Waals surface area contributed by atoms with Crippen LogP contribution < -0.4 is 5.32 Å². The summed E-state index contributed by atoms with van der Waals surface area (Å²) >= 11 is 0. The topological polar surface area (TPSA) is 121 Å². The molecule has 0 aliphatic carbocycles. The molecule has 3 aromatic rings. The van der Waals surface area contributed by atoms with Crippen LogP contribution in [0.2, 0.25) is 0 Å². The number of rotatable bonds is 8. The van der Waals surface area contributed by atoms with Crippen molar-refractivity contribution < 1.29 is 19.2 Å². The number of aliphatic hydroxyl groups excluding tert-OH is 1. The molecule has 1 saturated heterocycles. The maximum atomic E-state index is 13.8. The molecule has 0 bridgehead atoms. The molecule has 0 spiro atoms. The Morgan fingerprint density at radius 1 is 1.15 bits per heavy atom. The third kappa shape index (κ3) is 6.19. The molecule has 39 heavy (non-hydrogen) atoms. The molecule has 3 heterocycles. The molecule has 1 fully saturated rings. The molecule has 1 aliphatic heterocycles. The summed E-state index contributed by atoms with van der Waals surface area (Å²) in [6.45, 7) is 12.2. The molecular formula is C30H39N5O4. The molecule has 4 rings (SSSR count). The van der Waals surface area contributed by atoms with Crippen molar-refractivity contribution in [1.82, 2.24) is 25.3 Å². The molecule has 2 N–H and O–H groups in total. The number of benzene rings is 1. The van der Waals surface area contributed by atoms with Gasteiger partial charge in [0.25, 0.3) is 0 Å². The van der Waals surface area contributed by atoms with E-state index in [-0.39, 0.29) is 29.8 Å². The molecule has 0 unspecified atom stereocenters. The number of aromatic nitrogens is 3. The Morgan fingerprint density at radius 3 is 2.44 bits per heavy atom. The predicted octanol–water partition coefficient (Wildman–Crippen LogP) is 4.32. The Labute approximate surface area is 230 Å². The fraction of sp³-hybridized carbons (Fsp3) is 0.500.